The summed E-state index contributed by atoms with van der Waals surface area (Å²) < 4.78 is 15.7. The van der Waals surface area contributed by atoms with Crippen LogP contribution in [-0.4, -0.2) is 4.57 Å². The van der Waals surface area contributed by atoms with Crippen LogP contribution in [0.5, 0.6) is 0 Å². The van der Waals surface area contributed by atoms with Crippen LogP contribution in [0.2, 0.25) is 0 Å². The van der Waals surface area contributed by atoms with Gasteiger partial charge in [0.2, 0.25) is 0 Å². The third-order valence-electron chi connectivity index (χ3n) is 8.38. The maximum Gasteiger partial charge on any atom is 0.123 e. The number of allylic oxidation sites excluding steroid dienone is 1. The summed E-state index contributed by atoms with van der Waals surface area (Å²) in [7, 11) is 0. The lowest BCUT2D eigenvalue weighted by Crippen LogP contribution is -2.09. The van der Waals surface area contributed by atoms with E-state index in [-0.39, 0.29) is 5.82 Å². The Hall–Kier alpha value is -5.93. The van der Waals surface area contributed by atoms with E-state index in [1.54, 1.807) is 0 Å². The summed E-state index contributed by atoms with van der Waals surface area (Å²) >= 11 is 0. The molecule has 0 spiro atoms. The third-order valence-corrected chi connectivity index (χ3v) is 8.38. The second-order valence-electron chi connectivity index (χ2n) is 11.2. The van der Waals surface area contributed by atoms with E-state index >= 15 is 0 Å². The number of para-hydroxylation sites is 2. The molecule has 0 amide bonds. The SMILES string of the molecule is C=Cc1c(/C=C\C)c2ccccc2n1-c1ccc(-c2ccc(N(c3ccccc3)c3ccc(-c4ccc(F)cc4)cc3)cc2)cc1. The van der Waals surface area contributed by atoms with Crippen LogP contribution < -0.4 is 4.90 Å². The average Bonchev–Trinajstić information content (AvgIpc) is 3.43. The van der Waals surface area contributed by atoms with Gasteiger partial charge in [0.25, 0.3) is 0 Å². The molecule has 222 valence electrons. The molecule has 0 unspecified atom stereocenters. The normalized spacial score (nSPS) is 11.3. The maximum atomic E-state index is 13.5. The highest BCUT2D eigenvalue weighted by Crippen LogP contribution is 2.37. The van der Waals surface area contributed by atoms with Gasteiger partial charge in [-0.15, -0.1) is 0 Å². The van der Waals surface area contributed by atoms with Gasteiger partial charge < -0.3 is 9.47 Å². The van der Waals surface area contributed by atoms with Crippen LogP contribution in [0.3, 0.4) is 0 Å². The molecular weight excluding hydrogens is 563 g/mol. The van der Waals surface area contributed by atoms with Crippen LogP contribution in [0.15, 0.2) is 164 Å². The molecule has 1 heterocycles. The van der Waals surface area contributed by atoms with Crippen molar-refractivity contribution in [2.24, 2.45) is 0 Å². The predicted molar refractivity (Wildman–Crippen MR) is 194 cm³/mol. The van der Waals surface area contributed by atoms with Crippen LogP contribution in [-0.2, 0) is 0 Å². The molecule has 46 heavy (non-hydrogen) atoms. The minimum atomic E-state index is -0.231. The Morgan fingerprint density at radius 2 is 1.04 bits per heavy atom. The second-order valence-corrected chi connectivity index (χ2v) is 11.2. The smallest absolute Gasteiger partial charge is 0.123 e. The lowest BCUT2D eigenvalue weighted by atomic mass is 10.0. The Balaban J connectivity index is 1.20. The molecule has 0 bridgehead atoms. The quantitative estimate of drug-likeness (QED) is 0.169. The fourth-order valence-corrected chi connectivity index (χ4v) is 6.18. The highest BCUT2D eigenvalue weighted by molar-refractivity contribution is 5.95. The number of aromatic nitrogens is 1. The Bertz CT molecular complexity index is 2140. The fourth-order valence-electron chi connectivity index (χ4n) is 6.18. The number of nitrogens with zero attached hydrogens (tertiary/aromatic N) is 2. The highest BCUT2D eigenvalue weighted by atomic mass is 19.1. The zero-order chi connectivity index (χ0) is 31.5. The lowest BCUT2D eigenvalue weighted by Gasteiger charge is -2.26. The molecule has 2 nitrogen and oxygen atoms in total. The summed E-state index contributed by atoms with van der Waals surface area (Å²) in [5.74, 6) is -0.231. The lowest BCUT2D eigenvalue weighted by molar-refractivity contribution is 0.628. The van der Waals surface area contributed by atoms with Gasteiger partial charge in [-0.3, -0.25) is 0 Å². The van der Waals surface area contributed by atoms with Crippen LogP contribution in [0.4, 0.5) is 21.5 Å². The fraction of sp³-hybridized carbons (Fsp3) is 0.0233. The molecule has 0 fully saturated rings. The van der Waals surface area contributed by atoms with Crippen molar-refractivity contribution in [3.05, 3.63) is 181 Å². The number of rotatable bonds is 8. The van der Waals surface area contributed by atoms with E-state index < -0.39 is 0 Å². The van der Waals surface area contributed by atoms with Gasteiger partial charge in [0, 0.05) is 33.7 Å². The van der Waals surface area contributed by atoms with Crippen molar-refractivity contribution in [3.63, 3.8) is 0 Å². The van der Waals surface area contributed by atoms with Crippen molar-refractivity contribution >= 4 is 40.1 Å². The largest absolute Gasteiger partial charge is 0.311 e. The Morgan fingerprint density at radius 3 is 1.59 bits per heavy atom. The molecule has 7 aromatic rings. The number of halogens is 1. The molecule has 1 aromatic heterocycles. The topological polar surface area (TPSA) is 8.17 Å². The number of hydrogen-bond donors (Lipinski definition) is 0. The summed E-state index contributed by atoms with van der Waals surface area (Å²) in [5, 5.41) is 1.21. The Morgan fingerprint density at radius 1 is 0.565 bits per heavy atom. The number of anilines is 3. The van der Waals surface area contributed by atoms with Gasteiger partial charge in [0.05, 0.1) is 11.2 Å². The minimum absolute atomic E-state index is 0.231. The Labute approximate surface area is 269 Å². The van der Waals surface area contributed by atoms with Crippen molar-refractivity contribution in [2.75, 3.05) is 4.90 Å². The van der Waals surface area contributed by atoms with Gasteiger partial charge >= 0.3 is 0 Å². The summed E-state index contributed by atoms with van der Waals surface area (Å²) in [6.07, 6.45) is 6.18. The third kappa shape index (κ3) is 5.44. The van der Waals surface area contributed by atoms with Crippen molar-refractivity contribution in [1.29, 1.82) is 0 Å². The second kappa shape index (κ2) is 12.6. The average molecular weight is 597 g/mol. The van der Waals surface area contributed by atoms with E-state index in [9.17, 15) is 4.39 Å². The van der Waals surface area contributed by atoms with Crippen LogP contribution in [0.25, 0.3) is 51.0 Å². The maximum absolute atomic E-state index is 13.5. The summed E-state index contributed by atoms with van der Waals surface area (Å²) in [6, 6.07) is 51.3. The predicted octanol–water partition coefficient (Wildman–Crippen LogP) is 12.2. The van der Waals surface area contributed by atoms with E-state index in [2.05, 4.69) is 150 Å². The van der Waals surface area contributed by atoms with E-state index in [4.69, 9.17) is 0 Å². The molecule has 7 rings (SSSR count). The summed E-state index contributed by atoms with van der Waals surface area (Å²) in [4.78, 5) is 2.25. The summed E-state index contributed by atoms with van der Waals surface area (Å²) in [6.45, 7) is 6.18. The van der Waals surface area contributed by atoms with Gasteiger partial charge in [0.15, 0.2) is 0 Å². The molecule has 0 N–H and O–H groups in total. The van der Waals surface area contributed by atoms with Crippen molar-refractivity contribution in [1.82, 2.24) is 4.57 Å². The van der Waals surface area contributed by atoms with Crippen molar-refractivity contribution in [2.45, 2.75) is 6.92 Å². The first-order valence-electron chi connectivity index (χ1n) is 15.5. The van der Waals surface area contributed by atoms with Gasteiger partial charge in [-0.05, 0) is 102 Å². The first-order chi connectivity index (χ1) is 22.6. The van der Waals surface area contributed by atoms with Gasteiger partial charge in [-0.2, -0.15) is 0 Å². The molecule has 0 radical (unpaired) electrons. The molecule has 0 aliphatic heterocycles. The van der Waals surface area contributed by atoms with Gasteiger partial charge in [-0.1, -0.05) is 104 Å². The van der Waals surface area contributed by atoms with E-state index in [1.807, 2.05) is 31.2 Å². The molecular formula is C43H33FN2. The molecule has 0 aliphatic rings. The van der Waals surface area contributed by atoms with E-state index in [0.717, 1.165) is 56.2 Å². The summed E-state index contributed by atoms with van der Waals surface area (Å²) in [5.41, 5.74) is 12.0. The first-order valence-corrected chi connectivity index (χ1v) is 15.5. The number of hydrogen-bond acceptors (Lipinski definition) is 1. The molecule has 0 saturated carbocycles. The molecule has 0 saturated heterocycles. The molecule has 3 heteroatoms. The first kappa shape index (κ1) is 28.8. The van der Waals surface area contributed by atoms with Crippen LogP contribution in [0, 0.1) is 5.82 Å². The highest BCUT2D eigenvalue weighted by Gasteiger charge is 2.15. The molecule has 0 atom stereocenters. The Kier molecular flexibility index (Phi) is 7.89. The number of benzene rings is 6. The van der Waals surface area contributed by atoms with Gasteiger partial charge in [-0.25, -0.2) is 4.39 Å². The standard InChI is InChI=1S/C43H33FN2/c1-3-10-40-41-13-8-9-14-43(41)46(42(40)4-2)39-29-21-34(22-30-39)33-19-27-38(28-20-33)45(36-11-6-5-7-12-36)37-25-17-32(18-26-37)31-15-23-35(44)24-16-31/h3-30H,2H2,1H3/b10-3-. The number of fused-ring (bicyclic) bond motifs is 1. The zero-order valence-corrected chi connectivity index (χ0v) is 25.6. The monoisotopic (exact) mass is 596 g/mol. The van der Waals surface area contributed by atoms with E-state index in [1.165, 1.54) is 23.1 Å². The molecule has 6 aromatic carbocycles. The van der Waals surface area contributed by atoms with Gasteiger partial charge in [0.1, 0.15) is 5.82 Å². The van der Waals surface area contributed by atoms with Crippen LogP contribution >= 0.6 is 0 Å². The van der Waals surface area contributed by atoms with Crippen LogP contribution in [0.1, 0.15) is 18.2 Å². The van der Waals surface area contributed by atoms with Crippen molar-refractivity contribution in [3.8, 4) is 27.9 Å². The van der Waals surface area contributed by atoms with Crippen molar-refractivity contribution < 1.29 is 4.39 Å². The zero-order valence-electron chi connectivity index (χ0n) is 25.6. The molecule has 0 aliphatic carbocycles. The van der Waals surface area contributed by atoms with E-state index in [0.29, 0.717) is 0 Å². The minimum Gasteiger partial charge on any atom is -0.311 e.